The van der Waals surface area contributed by atoms with E-state index in [1.807, 2.05) is 12.1 Å². The number of hydrogen-bond acceptors (Lipinski definition) is 6. The number of hydrogen-bond donors (Lipinski definition) is 0. The molecule has 0 unspecified atom stereocenters. The average molecular weight is 423 g/mol. The third kappa shape index (κ3) is 5.72. The molecule has 1 aliphatic rings. The molecular weight excluding hydrogens is 398 g/mol. The number of amides is 1. The second-order valence-electron chi connectivity index (χ2n) is 7.05. The predicted molar refractivity (Wildman–Crippen MR) is 116 cm³/mol. The maximum atomic E-state index is 12.4. The summed E-state index contributed by atoms with van der Waals surface area (Å²) < 4.78 is 15.8. The Morgan fingerprint density at radius 1 is 1.13 bits per heavy atom. The Hall–Kier alpha value is -3.61. The molecule has 0 aromatic heterocycles. The summed E-state index contributed by atoms with van der Waals surface area (Å²) in [5.74, 6) is -0.0798. The molecule has 1 heterocycles. The van der Waals surface area contributed by atoms with Crippen molar-refractivity contribution in [1.29, 1.82) is 0 Å². The highest BCUT2D eigenvalue weighted by Gasteiger charge is 2.22. The minimum Gasteiger partial charge on any atom is -0.493 e. The van der Waals surface area contributed by atoms with Crippen molar-refractivity contribution in [3.8, 4) is 11.5 Å². The molecule has 0 radical (unpaired) electrons. The van der Waals surface area contributed by atoms with Crippen molar-refractivity contribution >= 4 is 23.3 Å². The van der Waals surface area contributed by atoms with E-state index in [4.69, 9.17) is 14.2 Å². The summed E-state index contributed by atoms with van der Waals surface area (Å²) in [5, 5.41) is 0. The number of ether oxygens (including phenoxy) is 3. The lowest BCUT2D eigenvalue weighted by Crippen LogP contribution is -2.24. The van der Waals surface area contributed by atoms with Crippen LogP contribution in [0.4, 0.5) is 5.69 Å². The van der Waals surface area contributed by atoms with Crippen LogP contribution in [0.5, 0.6) is 11.5 Å². The first-order valence-electron chi connectivity index (χ1n) is 10.0. The van der Waals surface area contributed by atoms with Crippen molar-refractivity contribution < 1.29 is 28.6 Å². The molecule has 1 saturated heterocycles. The first-order valence-corrected chi connectivity index (χ1v) is 10.0. The standard InChI is InChI=1S/C24H25NO6/c1-3-6-17-10-11-21(22(13-17)29-2)30-16-24(28)31-15-20(26)18-7-4-8-19(14-18)25-12-5-9-23(25)27/h3-4,7-8,10-11,13-14H,1,5-6,9,12,15-16H2,2H3. The minimum absolute atomic E-state index is 0.0427. The summed E-state index contributed by atoms with van der Waals surface area (Å²) >= 11 is 0. The summed E-state index contributed by atoms with van der Waals surface area (Å²) in [5.41, 5.74) is 2.06. The smallest absolute Gasteiger partial charge is 0.344 e. The van der Waals surface area contributed by atoms with Crippen molar-refractivity contribution in [1.82, 2.24) is 0 Å². The zero-order valence-electron chi connectivity index (χ0n) is 17.5. The van der Waals surface area contributed by atoms with E-state index in [9.17, 15) is 14.4 Å². The van der Waals surface area contributed by atoms with Gasteiger partial charge >= 0.3 is 5.97 Å². The number of carbonyl (C=O) groups excluding carboxylic acids is 3. The Morgan fingerprint density at radius 2 is 1.97 bits per heavy atom. The van der Waals surface area contributed by atoms with Crippen LogP contribution in [-0.4, -0.2) is 44.5 Å². The zero-order chi connectivity index (χ0) is 22.2. The highest BCUT2D eigenvalue weighted by atomic mass is 16.6. The number of esters is 1. The van der Waals surface area contributed by atoms with Gasteiger partial charge in [-0.25, -0.2) is 4.79 Å². The molecule has 2 aromatic rings. The van der Waals surface area contributed by atoms with Gasteiger partial charge in [0.2, 0.25) is 5.91 Å². The maximum absolute atomic E-state index is 12.4. The topological polar surface area (TPSA) is 82.1 Å². The van der Waals surface area contributed by atoms with E-state index >= 15 is 0 Å². The van der Waals surface area contributed by atoms with Gasteiger partial charge in [0.15, 0.2) is 30.5 Å². The number of carbonyl (C=O) groups is 3. The van der Waals surface area contributed by atoms with Crippen molar-refractivity contribution in [2.75, 3.05) is 31.8 Å². The van der Waals surface area contributed by atoms with E-state index in [-0.39, 0.29) is 18.3 Å². The summed E-state index contributed by atoms with van der Waals surface area (Å²) in [7, 11) is 1.51. The van der Waals surface area contributed by atoms with E-state index < -0.39 is 12.6 Å². The number of Topliss-reactive ketones (excluding diaryl/α,β-unsaturated/α-hetero) is 1. The normalized spacial score (nSPS) is 13.1. The largest absolute Gasteiger partial charge is 0.493 e. The maximum Gasteiger partial charge on any atom is 0.344 e. The Balaban J connectivity index is 1.52. The SMILES string of the molecule is C=CCc1ccc(OCC(=O)OCC(=O)c2cccc(N3CCCC3=O)c2)c(OC)c1. The lowest BCUT2D eigenvalue weighted by Gasteiger charge is -2.16. The van der Waals surface area contributed by atoms with Crippen molar-refractivity contribution in [3.63, 3.8) is 0 Å². The summed E-state index contributed by atoms with van der Waals surface area (Å²) in [6.07, 6.45) is 3.78. The molecule has 0 aliphatic carbocycles. The van der Waals surface area contributed by atoms with Crippen LogP contribution in [0.25, 0.3) is 0 Å². The van der Waals surface area contributed by atoms with E-state index in [0.717, 1.165) is 12.0 Å². The molecule has 162 valence electrons. The average Bonchev–Trinajstić information content (AvgIpc) is 3.22. The molecule has 1 aliphatic heterocycles. The molecule has 0 N–H and O–H groups in total. The highest BCUT2D eigenvalue weighted by molar-refractivity contribution is 6.01. The monoisotopic (exact) mass is 423 g/mol. The van der Waals surface area contributed by atoms with Gasteiger partial charge in [0.1, 0.15) is 0 Å². The fourth-order valence-electron chi connectivity index (χ4n) is 3.30. The van der Waals surface area contributed by atoms with Crippen LogP contribution in [-0.2, 0) is 20.7 Å². The molecule has 0 bridgehead atoms. The van der Waals surface area contributed by atoms with Gasteiger partial charge < -0.3 is 19.1 Å². The van der Waals surface area contributed by atoms with Gasteiger partial charge in [0.05, 0.1) is 7.11 Å². The molecule has 7 heteroatoms. The van der Waals surface area contributed by atoms with Crippen LogP contribution < -0.4 is 14.4 Å². The Morgan fingerprint density at radius 3 is 2.68 bits per heavy atom. The molecule has 3 rings (SSSR count). The lowest BCUT2D eigenvalue weighted by molar-refractivity contribution is -0.144. The Kier molecular flexibility index (Phi) is 7.43. The fraction of sp³-hybridized carbons (Fsp3) is 0.292. The second kappa shape index (κ2) is 10.4. The van der Waals surface area contributed by atoms with E-state index in [2.05, 4.69) is 6.58 Å². The van der Waals surface area contributed by atoms with Gasteiger partial charge in [-0.2, -0.15) is 0 Å². The number of rotatable bonds is 10. The van der Waals surface area contributed by atoms with Gasteiger partial charge in [-0.15, -0.1) is 6.58 Å². The molecule has 31 heavy (non-hydrogen) atoms. The molecule has 0 saturated carbocycles. The molecule has 7 nitrogen and oxygen atoms in total. The van der Waals surface area contributed by atoms with Crippen molar-refractivity contribution in [2.45, 2.75) is 19.3 Å². The third-order valence-electron chi connectivity index (χ3n) is 4.87. The zero-order valence-corrected chi connectivity index (χ0v) is 17.5. The first-order chi connectivity index (χ1) is 15.0. The number of methoxy groups -OCH3 is 1. The predicted octanol–water partition coefficient (Wildman–Crippen LogP) is 3.36. The van der Waals surface area contributed by atoms with Gasteiger partial charge in [-0.05, 0) is 42.7 Å². The molecule has 0 atom stereocenters. The van der Waals surface area contributed by atoms with Gasteiger partial charge in [-0.1, -0.05) is 24.3 Å². The molecule has 1 amide bonds. The van der Waals surface area contributed by atoms with Crippen LogP contribution in [0.2, 0.25) is 0 Å². The van der Waals surface area contributed by atoms with Crippen LogP contribution >= 0.6 is 0 Å². The molecule has 2 aromatic carbocycles. The van der Waals surface area contributed by atoms with Crippen molar-refractivity contribution in [2.24, 2.45) is 0 Å². The van der Waals surface area contributed by atoms with Gasteiger partial charge in [0, 0.05) is 24.2 Å². The number of allylic oxidation sites excluding steroid dienone is 1. The van der Waals surface area contributed by atoms with E-state index in [1.54, 1.807) is 41.3 Å². The summed E-state index contributed by atoms with van der Waals surface area (Å²) in [6.45, 7) is 3.58. The highest BCUT2D eigenvalue weighted by Crippen LogP contribution is 2.28. The Labute approximate surface area is 181 Å². The Bertz CT molecular complexity index is 984. The summed E-state index contributed by atoms with van der Waals surface area (Å²) in [6, 6.07) is 12.1. The van der Waals surface area contributed by atoms with Crippen molar-refractivity contribution in [3.05, 3.63) is 66.2 Å². The fourth-order valence-corrected chi connectivity index (χ4v) is 3.30. The number of nitrogens with zero attached hydrogens (tertiary/aromatic N) is 1. The van der Waals surface area contributed by atoms with Gasteiger partial charge in [-0.3, -0.25) is 9.59 Å². The molecular formula is C24H25NO6. The number of ketones is 1. The lowest BCUT2D eigenvalue weighted by atomic mass is 10.1. The second-order valence-corrected chi connectivity index (χ2v) is 7.05. The van der Waals surface area contributed by atoms with E-state index in [1.165, 1.54) is 7.11 Å². The van der Waals surface area contributed by atoms with Crippen LogP contribution in [0.15, 0.2) is 55.1 Å². The quantitative estimate of drug-likeness (QED) is 0.331. The van der Waals surface area contributed by atoms with Crippen LogP contribution in [0.3, 0.4) is 0 Å². The van der Waals surface area contributed by atoms with Crippen LogP contribution in [0, 0.1) is 0 Å². The molecule has 0 spiro atoms. The van der Waals surface area contributed by atoms with Gasteiger partial charge in [0.25, 0.3) is 0 Å². The molecule has 1 fully saturated rings. The van der Waals surface area contributed by atoms with Crippen LogP contribution in [0.1, 0.15) is 28.8 Å². The van der Waals surface area contributed by atoms with E-state index in [0.29, 0.717) is 42.1 Å². The first kappa shape index (κ1) is 22.1. The summed E-state index contributed by atoms with van der Waals surface area (Å²) in [4.78, 5) is 38.0. The minimum atomic E-state index is -0.670. The number of benzene rings is 2. The number of anilines is 1. The third-order valence-corrected chi connectivity index (χ3v) is 4.87.